The SMILES string of the molecule is Nc1[nH]ncc1C(O)c1ccccc1F. The highest BCUT2D eigenvalue weighted by Crippen LogP contribution is 2.26. The van der Waals surface area contributed by atoms with Gasteiger partial charge in [-0.25, -0.2) is 4.39 Å². The number of nitrogens with one attached hydrogen (secondary N) is 1. The van der Waals surface area contributed by atoms with E-state index in [1.54, 1.807) is 12.1 Å². The van der Waals surface area contributed by atoms with E-state index in [1.807, 2.05) is 0 Å². The Morgan fingerprint density at radius 3 is 2.67 bits per heavy atom. The van der Waals surface area contributed by atoms with Crippen LogP contribution < -0.4 is 5.73 Å². The molecule has 0 aliphatic carbocycles. The molecule has 1 heterocycles. The first kappa shape index (κ1) is 9.67. The van der Waals surface area contributed by atoms with E-state index < -0.39 is 11.9 Å². The van der Waals surface area contributed by atoms with Crippen LogP contribution in [0, 0.1) is 5.82 Å². The lowest BCUT2D eigenvalue weighted by Gasteiger charge is -2.10. The van der Waals surface area contributed by atoms with E-state index in [-0.39, 0.29) is 11.4 Å². The van der Waals surface area contributed by atoms with Crippen LogP contribution in [0.15, 0.2) is 30.5 Å². The summed E-state index contributed by atoms with van der Waals surface area (Å²) in [7, 11) is 0. The second-order valence-corrected chi connectivity index (χ2v) is 3.16. The van der Waals surface area contributed by atoms with E-state index >= 15 is 0 Å². The second-order valence-electron chi connectivity index (χ2n) is 3.16. The summed E-state index contributed by atoms with van der Waals surface area (Å²) >= 11 is 0. The van der Waals surface area contributed by atoms with Gasteiger partial charge in [0.15, 0.2) is 0 Å². The third-order valence-corrected chi connectivity index (χ3v) is 2.19. The molecule has 0 radical (unpaired) electrons. The standard InChI is InChI=1S/C10H10FN3O/c11-8-4-2-1-3-6(8)9(15)7-5-13-14-10(7)12/h1-5,9,15H,(H3,12,13,14). The Balaban J connectivity index is 2.41. The van der Waals surface area contributed by atoms with Gasteiger partial charge in [-0.1, -0.05) is 18.2 Å². The minimum atomic E-state index is -1.09. The number of aromatic amines is 1. The fraction of sp³-hybridized carbons (Fsp3) is 0.100. The molecule has 15 heavy (non-hydrogen) atoms. The first-order chi connectivity index (χ1) is 7.20. The second kappa shape index (κ2) is 3.70. The molecule has 0 aliphatic heterocycles. The third-order valence-electron chi connectivity index (χ3n) is 2.19. The average molecular weight is 207 g/mol. The Bertz CT molecular complexity index is 469. The van der Waals surface area contributed by atoms with Crippen molar-refractivity contribution >= 4 is 5.82 Å². The summed E-state index contributed by atoms with van der Waals surface area (Å²) in [5.41, 5.74) is 6.09. The number of hydrogen-bond donors (Lipinski definition) is 3. The van der Waals surface area contributed by atoms with Crippen LogP contribution in [0.3, 0.4) is 0 Å². The molecule has 4 nitrogen and oxygen atoms in total. The van der Waals surface area contributed by atoms with Gasteiger partial charge in [0.05, 0.1) is 6.20 Å². The number of nitrogens with zero attached hydrogens (tertiary/aromatic N) is 1. The van der Waals surface area contributed by atoms with Crippen LogP contribution in [-0.2, 0) is 0 Å². The van der Waals surface area contributed by atoms with Crippen molar-refractivity contribution in [1.82, 2.24) is 10.2 Å². The first-order valence-corrected chi connectivity index (χ1v) is 4.41. The zero-order chi connectivity index (χ0) is 10.8. The van der Waals surface area contributed by atoms with E-state index in [4.69, 9.17) is 5.73 Å². The van der Waals surface area contributed by atoms with Crippen molar-refractivity contribution in [3.05, 3.63) is 47.4 Å². The summed E-state index contributed by atoms with van der Waals surface area (Å²) in [5, 5.41) is 16.0. The van der Waals surface area contributed by atoms with Crippen LogP contribution in [0.1, 0.15) is 17.2 Å². The van der Waals surface area contributed by atoms with Gasteiger partial charge in [-0.15, -0.1) is 0 Å². The highest BCUT2D eigenvalue weighted by atomic mass is 19.1. The number of hydrogen-bond acceptors (Lipinski definition) is 3. The predicted octanol–water partition coefficient (Wildman–Crippen LogP) is 1.21. The molecule has 1 unspecified atom stereocenters. The lowest BCUT2D eigenvalue weighted by atomic mass is 10.0. The molecule has 78 valence electrons. The van der Waals surface area contributed by atoms with Crippen LogP contribution in [0.2, 0.25) is 0 Å². The molecule has 0 fully saturated rings. The molecule has 0 saturated heterocycles. The molecule has 1 aromatic heterocycles. The van der Waals surface area contributed by atoms with Gasteiger partial charge in [0.1, 0.15) is 17.7 Å². The highest BCUT2D eigenvalue weighted by molar-refractivity contribution is 5.43. The van der Waals surface area contributed by atoms with Crippen LogP contribution in [-0.4, -0.2) is 15.3 Å². The topological polar surface area (TPSA) is 74.9 Å². The number of H-pyrrole nitrogens is 1. The Labute approximate surface area is 85.6 Å². The number of nitrogens with two attached hydrogens (primary N) is 1. The normalized spacial score (nSPS) is 12.7. The summed E-state index contributed by atoms with van der Waals surface area (Å²) < 4.78 is 13.3. The van der Waals surface area contributed by atoms with Crippen molar-refractivity contribution < 1.29 is 9.50 Å². The summed E-state index contributed by atoms with van der Waals surface area (Å²) in [6, 6.07) is 6.00. The van der Waals surface area contributed by atoms with Crippen LogP contribution in [0.4, 0.5) is 10.2 Å². The monoisotopic (exact) mass is 207 g/mol. The van der Waals surface area contributed by atoms with E-state index in [9.17, 15) is 9.50 Å². The largest absolute Gasteiger partial charge is 0.384 e. The number of aliphatic hydroxyl groups excluding tert-OH is 1. The summed E-state index contributed by atoms with van der Waals surface area (Å²) in [4.78, 5) is 0. The van der Waals surface area contributed by atoms with E-state index in [0.717, 1.165) is 0 Å². The zero-order valence-electron chi connectivity index (χ0n) is 7.81. The van der Waals surface area contributed by atoms with E-state index in [1.165, 1.54) is 18.3 Å². The molecule has 0 bridgehead atoms. The van der Waals surface area contributed by atoms with Crippen LogP contribution in [0.5, 0.6) is 0 Å². The van der Waals surface area contributed by atoms with Gasteiger partial charge in [-0.05, 0) is 6.07 Å². The molecule has 0 aliphatic rings. The maximum Gasteiger partial charge on any atom is 0.129 e. The maximum atomic E-state index is 13.3. The number of aromatic nitrogens is 2. The Kier molecular flexibility index (Phi) is 2.39. The number of benzene rings is 1. The Morgan fingerprint density at radius 2 is 2.07 bits per heavy atom. The molecule has 4 N–H and O–H groups in total. The van der Waals surface area contributed by atoms with Crippen molar-refractivity contribution in [2.75, 3.05) is 5.73 Å². The average Bonchev–Trinajstić information content (AvgIpc) is 2.64. The van der Waals surface area contributed by atoms with Gasteiger partial charge in [0.25, 0.3) is 0 Å². The van der Waals surface area contributed by atoms with Gasteiger partial charge in [-0.3, -0.25) is 5.10 Å². The van der Waals surface area contributed by atoms with Crippen LogP contribution >= 0.6 is 0 Å². The molecule has 1 aromatic carbocycles. The van der Waals surface area contributed by atoms with Gasteiger partial charge in [0, 0.05) is 11.1 Å². The van der Waals surface area contributed by atoms with Crippen molar-refractivity contribution in [2.45, 2.75) is 6.10 Å². The number of halogens is 1. The molecular weight excluding hydrogens is 197 g/mol. The van der Waals surface area contributed by atoms with Crippen LogP contribution in [0.25, 0.3) is 0 Å². The molecule has 2 rings (SSSR count). The predicted molar refractivity (Wildman–Crippen MR) is 53.5 cm³/mol. The number of rotatable bonds is 2. The van der Waals surface area contributed by atoms with Gasteiger partial charge < -0.3 is 10.8 Å². The molecule has 1 atom stereocenters. The fourth-order valence-corrected chi connectivity index (χ4v) is 1.39. The van der Waals surface area contributed by atoms with E-state index in [0.29, 0.717) is 5.56 Å². The minimum Gasteiger partial charge on any atom is -0.384 e. The van der Waals surface area contributed by atoms with Crippen molar-refractivity contribution in [3.8, 4) is 0 Å². The Morgan fingerprint density at radius 1 is 1.33 bits per heavy atom. The molecule has 0 amide bonds. The molecule has 0 spiro atoms. The molecular formula is C10H10FN3O. The highest BCUT2D eigenvalue weighted by Gasteiger charge is 2.17. The lowest BCUT2D eigenvalue weighted by molar-refractivity contribution is 0.216. The first-order valence-electron chi connectivity index (χ1n) is 4.41. The third kappa shape index (κ3) is 1.69. The quantitative estimate of drug-likeness (QED) is 0.692. The van der Waals surface area contributed by atoms with Gasteiger partial charge >= 0.3 is 0 Å². The number of aliphatic hydroxyl groups is 1. The lowest BCUT2D eigenvalue weighted by Crippen LogP contribution is -2.04. The minimum absolute atomic E-state index is 0.186. The van der Waals surface area contributed by atoms with Crippen molar-refractivity contribution in [2.24, 2.45) is 0 Å². The summed E-state index contributed by atoms with van der Waals surface area (Å²) in [6.45, 7) is 0. The maximum absolute atomic E-state index is 13.3. The zero-order valence-corrected chi connectivity index (χ0v) is 7.81. The smallest absolute Gasteiger partial charge is 0.129 e. The molecule has 0 saturated carbocycles. The van der Waals surface area contributed by atoms with Crippen molar-refractivity contribution in [1.29, 1.82) is 0 Å². The molecule has 5 heteroatoms. The fourth-order valence-electron chi connectivity index (χ4n) is 1.39. The summed E-state index contributed by atoms with van der Waals surface area (Å²) in [6.07, 6.45) is 0.289. The Hall–Kier alpha value is -1.88. The summed E-state index contributed by atoms with van der Waals surface area (Å²) in [5.74, 6) is -0.226. The van der Waals surface area contributed by atoms with Crippen molar-refractivity contribution in [3.63, 3.8) is 0 Å². The molecule has 2 aromatic rings. The number of nitrogen functional groups attached to an aromatic ring is 1. The number of anilines is 1. The van der Waals surface area contributed by atoms with Gasteiger partial charge in [0.2, 0.25) is 0 Å². The van der Waals surface area contributed by atoms with E-state index in [2.05, 4.69) is 10.2 Å². The van der Waals surface area contributed by atoms with Gasteiger partial charge in [-0.2, -0.15) is 5.10 Å².